The second-order valence-electron chi connectivity index (χ2n) is 6.31. The maximum atomic E-state index is 12.8. The summed E-state index contributed by atoms with van der Waals surface area (Å²) in [5, 5.41) is 10.9. The monoisotopic (exact) mass is 312 g/mol. The van der Waals surface area contributed by atoms with Crippen molar-refractivity contribution in [2.24, 2.45) is 5.41 Å². The largest absolute Gasteiger partial charge is 0.270 e. The van der Waals surface area contributed by atoms with Gasteiger partial charge in [-0.15, -0.1) is 0 Å². The number of aryl methyl sites for hydroxylation is 1. The SMILES string of the molecule is Cc1ccc([N+](=O)[O-])cc1S(=O)(=O)N1CCCC(C)(C)C1. The molecular weight excluding hydrogens is 292 g/mol. The van der Waals surface area contributed by atoms with Gasteiger partial charge >= 0.3 is 0 Å². The van der Waals surface area contributed by atoms with E-state index in [0.717, 1.165) is 18.9 Å². The molecule has 1 aromatic carbocycles. The van der Waals surface area contributed by atoms with Gasteiger partial charge < -0.3 is 0 Å². The Morgan fingerprint density at radius 3 is 2.57 bits per heavy atom. The van der Waals surface area contributed by atoms with Crippen LogP contribution in [-0.4, -0.2) is 30.7 Å². The van der Waals surface area contributed by atoms with Gasteiger partial charge in [-0.2, -0.15) is 4.31 Å². The van der Waals surface area contributed by atoms with E-state index in [1.165, 1.54) is 16.4 Å². The zero-order valence-corrected chi connectivity index (χ0v) is 13.3. The summed E-state index contributed by atoms with van der Waals surface area (Å²) in [7, 11) is -3.69. The van der Waals surface area contributed by atoms with Crippen LogP contribution in [0.5, 0.6) is 0 Å². The number of nitro groups is 1. The molecule has 0 amide bonds. The minimum Gasteiger partial charge on any atom is -0.258 e. The van der Waals surface area contributed by atoms with Crippen LogP contribution < -0.4 is 0 Å². The fraction of sp³-hybridized carbons (Fsp3) is 0.571. The quantitative estimate of drug-likeness (QED) is 0.635. The van der Waals surface area contributed by atoms with Crippen LogP contribution in [0.15, 0.2) is 23.1 Å². The molecule has 1 aliphatic rings. The van der Waals surface area contributed by atoms with Gasteiger partial charge in [0.2, 0.25) is 10.0 Å². The minimum absolute atomic E-state index is 0.0365. The summed E-state index contributed by atoms with van der Waals surface area (Å²) in [6, 6.07) is 3.97. The molecule has 1 saturated heterocycles. The van der Waals surface area contributed by atoms with Crippen LogP contribution in [0, 0.1) is 22.5 Å². The lowest BCUT2D eigenvalue weighted by atomic mass is 9.85. The summed E-state index contributed by atoms with van der Waals surface area (Å²) in [6.45, 7) is 6.64. The fourth-order valence-electron chi connectivity index (χ4n) is 2.69. The highest BCUT2D eigenvalue weighted by molar-refractivity contribution is 7.89. The van der Waals surface area contributed by atoms with E-state index >= 15 is 0 Å². The molecule has 116 valence electrons. The lowest BCUT2D eigenvalue weighted by Crippen LogP contribution is -2.43. The van der Waals surface area contributed by atoms with Gasteiger partial charge in [0.1, 0.15) is 0 Å². The summed E-state index contributed by atoms with van der Waals surface area (Å²) < 4.78 is 27.0. The molecule has 1 aromatic rings. The highest BCUT2D eigenvalue weighted by atomic mass is 32.2. The van der Waals surface area contributed by atoms with Crippen molar-refractivity contribution in [1.29, 1.82) is 0 Å². The average molecular weight is 312 g/mol. The summed E-state index contributed by atoms with van der Waals surface area (Å²) in [5.74, 6) is 0. The number of hydrogen-bond acceptors (Lipinski definition) is 4. The molecule has 0 N–H and O–H groups in total. The first-order valence-electron chi connectivity index (χ1n) is 6.89. The maximum absolute atomic E-state index is 12.8. The highest BCUT2D eigenvalue weighted by Gasteiger charge is 2.35. The molecule has 2 rings (SSSR count). The zero-order valence-electron chi connectivity index (χ0n) is 12.5. The van der Waals surface area contributed by atoms with Crippen molar-refractivity contribution in [3.63, 3.8) is 0 Å². The first kappa shape index (κ1) is 15.9. The smallest absolute Gasteiger partial charge is 0.258 e. The van der Waals surface area contributed by atoms with Crippen molar-refractivity contribution in [3.05, 3.63) is 33.9 Å². The number of nitrogens with zero attached hydrogens (tertiary/aromatic N) is 2. The Balaban J connectivity index is 2.44. The Hall–Kier alpha value is -1.47. The van der Waals surface area contributed by atoms with Crippen molar-refractivity contribution in [3.8, 4) is 0 Å². The van der Waals surface area contributed by atoms with Crippen molar-refractivity contribution >= 4 is 15.7 Å². The summed E-state index contributed by atoms with van der Waals surface area (Å²) in [5.41, 5.74) is 0.263. The molecule has 21 heavy (non-hydrogen) atoms. The average Bonchev–Trinajstić information content (AvgIpc) is 2.37. The predicted molar refractivity (Wildman–Crippen MR) is 79.6 cm³/mol. The molecular formula is C14H20N2O4S. The maximum Gasteiger partial charge on any atom is 0.270 e. The molecule has 0 saturated carbocycles. The van der Waals surface area contributed by atoms with Crippen LogP contribution >= 0.6 is 0 Å². The third kappa shape index (κ3) is 3.24. The van der Waals surface area contributed by atoms with E-state index in [4.69, 9.17) is 0 Å². The van der Waals surface area contributed by atoms with E-state index in [9.17, 15) is 18.5 Å². The third-order valence-corrected chi connectivity index (χ3v) is 5.85. The topological polar surface area (TPSA) is 80.5 Å². The second kappa shape index (κ2) is 5.38. The molecule has 0 unspecified atom stereocenters. The predicted octanol–water partition coefficient (Wildman–Crippen LogP) is 2.71. The molecule has 1 aliphatic heterocycles. The van der Waals surface area contributed by atoms with Crippen LogP contribution in [0.4, 0.5) is 5.69 Å². The van der Waals surface area contributed by atoms with Crippen molar-refractivity contribution < 1.29 is 13.3 Å². The molecule has 7 heteroatoms. The van der Waals surface area contributed by atoms with Crippen LogP contribution in [-0.2, 0) is 10.0 Å². The van der Waals surface area contributed by atoms with E-state index in [1.54, 1.807) is 6.92 Å². The number of hydrogen-bond donors (Lipinski definition) is 0. The van der Waals surface area contributed by atoms with E-state index in [-0.39, 0.29) is 16.0 Å². The number of piperidine rings is 1. The number of sulfonamides is 1. The number of nitro benzene ring substituents is 1. The van der Waals surface area contributed by atoms with Gasteiger partial charge in [-0.25, -0.2) is 8.42 Å². The number of benzene rings is 1. The zero-order chi connectivity index (χ0) is 15.8. The van der Waals surface area contributed by atoms with E-state index in [1.807, 2.05) is 13.8 Å². The van der Waals surface area contributed by atoms with Crippen LogP contribution in [0.3, 0.4) is 0 Å². The fourth-order valence-corrected chi connectivity index (χ4v) is 4.61. The van der Waals surface area contributed by atoms with Crippen LogP contribution in [0.2, 0.25) is 0 Å². The Kier molecular flexibility index (Phi) is 4.08. The number of non-ortho nitro benzene ring substituents is 1. The molecule has 1 heterocycles. The summed E-state index contributed by atoms with van der Waals surface area (Å²) in [6.07, 6.45) is 1.78. The van der Waals surface area contributed by atoms with E-state index in [0.29, 0.717) is 18.7 Å². The Morgan fingerprint density at radius 2 is 2.00 bits per heavy atom. The van der Waals surface area contributed by atoms with Gasteiger partial charge in [0, 0.05) is 25.2 Å². The summed E-state index contributed by atoms with van der Waals surface area (Å²) in [4.78, 5) is 10.3. The van der Waals surface area contributed by atoms with Crippen molar-refractivity contribution in [2.45, 2.75) is 38.5 Å². The van der Waals surface area contributed by atoms with Crippen LogP contribution in [0.25, 0.3) is 0 Å². The van der Waals surface area contributed by atoms with Crippen LogP contribution in [0.1, 0.15) is 32.3 Å². The van der Waals surface area contributed by atoms with E-state index in [2.05, 4.69) is 0 Å². The van der Waals surface area contributed by atoms with Gasteiger partial charge in [0.25, 0.3) is 5.69 Å². The Labute approximate surface area is 125 Å². The molecule has 0 bridgehead atoms. The molecule has 0 aliphatic carbocycles. The van der Waals surface area contributed by atoms with Gasteiger partial charge in [-0.05, 0) is 30.7 Å². The molecule has 1 fully saturated rings. The molecule has 0 radical (unpaired) electrons. The normalized spacial score (nSPS) is 19.4. The van der Waals surface area contributed by atoms with Gasteiger partial charge in [-0.3, -0.25) is 10.1 Å². The lowest BCUT2D eigenvalue weighted by molar-refractivity contribution is -0.385. The minimum atomic E-state index is -3.69. The van der Waals surface area contributed by atoms with Gasteiger partial charge in [-0.1, -0.05) is 19.9 Å². The Bertz CT molecular complexity index is 668. The highest BCUT2D eigenvalue weighted by Crippen LogP contribution is 2.33. The second-order valence-corrected chi connectivity index (χ2v) is 8.22. The van der Waals surface area contributed by atoms with Gasteiger partial charge in [0.05, 0.1) is 9.82 Å². The lowest BCUT2D eigenvalue weighted by Gasteiger charge is -2.37. The summed E-state index contributed by atoms with van der Waals surface area (Å²) >= 11 is 0. The van der Waals surface area contributed by atoms with E-state index < -0.39 is 14.9 Å². The molecule has 6 nitrogen and oxygen atoms in total. The van der Waals surface area contributed by atoms with Gasteiger partial charge in [0.15, 0.2) is 0 Å². The van der Waals surface area contributed by atoms with Crippen molar-refractivity contribution in [1.82, 2.24) is 4.31 Å². The third-order valence-electron chi connectivity index (χ3n) is 3.87. The molecule has 0 spiro atoms. The number of rotatable bonds is 3. The first-order chi connectivity index (χ1) is 9.63. The molecule has 0 atom stereocenters. The van der Waals surface area contributed by atoms with Crippen molar-refractivity contribution in [2.75, 3.05) is 13.1 Å². The Morgan fingerprint density at radius 1 is 1.33 bits per heavy atom. The molecule has 0 aromatic heterocycles. The standard InChI is InChI=1S/C14H20N2O4S/c1-11-5-6-12(16(17)18)9-13(11)21(19,20)15-8-4-7-14(2,3)10-15/h5-6,9H,4,7-8,10H2,1-3H3. The first-order valence-corrected chi connectivity index (χ1v) is 8.33.